The molecule has 1 aliphatic heterocycles. The van der Waals surface area contributed by atoms with Gasteiger partial charge in [0.05, 0.1) is 0 Å². The molecule has 1 aromatic rings. The summed E-state index contributed by atoms with van der Waals surface area (Å²) in [5.74, 6) is 2.55. The molecule has 0 nitrogen and oxygen atoms in total. The van der Waals surface area contributed by atoms with E-state index in [1.165, 1.54) is 27.7 Å². The first kappa shape index (κ1) is 10.9. The van der Waals surface area contributed by atoms with E-state index in [2.05, 4.69) is 42.5 Å². The van der Waals surface area contributed by atoms with Crippen molar-refractivity contribution in [3.8, 4) is 0 Å². The minimum Gasteiger partial charge on any atom is -0.119 e. The highest BCUT2D eigenvalue weighted by Crippen LogP contribution is 2.34. The van der Waals surface area contributed by atoms with E-state index in [1.54, 1.807) is 0 Å². The summed E-state index contributed by atoms with van der Waals surface area (Å²) in [5.41, 5.74) is 1.26. The van der Waals surface area contributed by atoms with Crippen molar-refractivity contribution in [2.45, 2.75) is 6.42 Å². The third-order valence-corrected chi connectivity index (χ3v) is 4.63. The topological polar surface area (TPSA) is 0 Å². The summed E-state index contributed by atoms with van der Waals surface area (Å²) >= 11 is 3.94. The summed E-state index contributed by atoms with van der Waals surface area (Å²) in [7, 11) is 0. The molecule has 1 fully saturated rings. The standard InChI is InChI=1S/C13H14S2/c1-2-6-12(7-3-1)8-4-9-13-14-10-5-11-15-13/h1-4,6-9H,5,10-11H2/b8-4-. The predicted molar refractivity (Wildman–Crippen MR) is 73.1 cm³/mol. The van der Waals surface area contributed by atoms with Gasteiger partial charge in [0.15, 0.2) is 0 Å². The monoisotopic (exact) mass is 234 g/mol. The van der Waals surface area contributed by atoms with E-state index in [4.69, 9.17) is 0 Å². The van der Waals surface area contributed by atoms with Crippen LogP contribution in [0.25, 0.3) is 6.08 Å². The van der Waals surface area contributed by atoms with Gasteiger partial charge < -0.3 is 0 Å². The van der Waals surface area contributed by atoms with Crippen LogP contribution >= 0.6 is 23.5 Å². The van der Waals surface area contributed by atoms with Crippen LogP contribution in [0.15, 0.2) is 46.7 Å². The van der Waals surface area contributed by atoms with E-state index in [-0.39, 0.29) is 0 Å². The molecule has 1 aliphatic rings. The Balaban J connectivity index is 1.94. The third kappa shape index (κ3) is 3.80. The molecule has 0 aliphatic carbocycles. The second-order valence-corrected chi connectivity index (χ2v) is 5.84. The predicted octanol–water partition coefficient (Wildman–Crippen LogP) is 4.41. The molecule has 0 aromatic heterocycles. The van der Waals surface area contributed by atoms with Crippen LogP contribution in [0.4, 0.5) is 0 Å². The lowest BCUT2D eigenvalue weighted by atomic mass is 10.2. The fraction of sp³-hybridized carbons (Fsp3) is 0.231. The van der Waals surface area contributed by atoms with Gasteiger partial charge in [-0.25, -0.2) is 0 Å². The Morgan fingerprint density at radius 2 is 1.73 bits per heavy atom. The van der Waals surface area contributed by atoms with Crippen LogP contribution in [0, 0.1) is 0 Å². The fourth-order valence-corrected chi connectivity index (χ4v) is 3.69. The van der Waals surface area contributed by atoms with E-state index in [0.717, 1.165) is 0 Å². The highest BCUT2D eigenvalue weighted by Gasteiger charge is 2.04. The van der Waals surface area contributed by atoms with Crippen molar-refractivity contribution < 1.29 is 0 Å². The molecule has 2 rings (SSSR count). The molecule has 0 N–H and O–H groups in total. The zero-order valence-electron chi connectivity index (χ0n) is 8.56. The lowest BCUT2D eigenvalue weighted by Gasteiger charge is -2.10. The molecule has 0 amide bonds. The lowest BCUT2D eigenvalue weighted by Crippen LogP contribution is -1.90. The minimum atomic E-state index is 1.26. The van der Waals surface area contributed by atoms with Gasteiger partial charge in [0.25, 0.3) is 0 Å². The quantitative estimate of drug-likeness (QED) is 0.743. The number of benzene rings is 1. The van der Waals surface area contributed by atoms with E-state index in [9.17, 15) is 0 Å². The summed E-state index contributed by atoms with van der Waals surface area (Å²) < 4.78 is 1.45. The van der Waals surface area contributed by atoms with Crippen molar-refractivity contribution in [2.75, 3.05) is 11.5 Å². The van der Waals surface area contributed by atoms with Gasteiger partial charge in [-0.3, -0.25) is 0 Å². The average molecular weight is 234 g/mol. The molecular weight excluding hydrogens is 220 g/mol. The van der Waals surface area contributed by atoms with Crippen molar-refractivity contribution in [1.29, 1.82) is 0 Å². The molecule has 0 unspecified atom stereocenters. The SMILES string of the molecule is C(/C=C\c1ccccc1)=C1SCCCS1. The zero-order valence-corrected chi connectivity index (χ0v) is 10.2. The van der Waals surface area contributed by atoms with Crippen LogP contribution < -0.4 is 0 Å². The molecule has 0 atom stereocenters. The molecule has 1 saturated heterocycles. The second kappa shape index (κ2) is 6.09. The number of thioether (sulfide) groups is 2. The zero-order chi connectivity index (χ0) is 10.3. The Morgan fingerprint density at radius 3 is 2.47 bits per heavy atom. The molecule has 0 saturated carbocycles. The molecule has 0 radical (unpaired) electrons. The van der Waals surface area contributed by atoms with E-state index in [1.807, 2.05) is 29.6 Å². The molecular formula is C13H14S2. The lowest BCUT2D eigenvalue weighted by molar-refractivity contribution is 1.12. The normalized spacial score (nSPS) is 16.9. The Labute approximate surface area is 99.8 Å². The molecule has 15 heavy (non-hydrogen) atoms. The maximum atomic E-state index is 2.22. The fourth-order valence-electron chi connectivity index (χ4n) is 1.34. The first-order valence-electron chi connectivity index (χ1n) is 5.14. The minimum absolute atomic E-state index is 1.26. The van der Waals surface area contributed by atoms with Gasteiger partial charge in [0, 0.05) is 4.24 Å². The van der Waals surface area contributed by atoms with Crippen molar-refractivity contribution in [3.05, 3.63) is 52.3 Å². The van der Waals surface area contributed by atoms with E-state index < -0.39 is 0 Å². The van der Waals surface area contributed by atoms with Crippen molar-refractivity contribution in [3.63, 3.8) is 0 Å². The number of hydrogen-bond acceptors (Lipinski definition) is 2. The first-order valence-corrected chi connectivity index (χ1v) is 7.11. The van der Waals surface area contributed by atoms with Gasteiger partial charge in [-0.15, -0.1) is 23.5 Å². The van der Waals surface area contributed by atoms with Crippen LogP contribution in [0.3, 0.4) is 0 Å². The van der Waals surface area contributed by atoms with Crippen LogP contribution in [-0.4, -0.2) is 11.5 Å². The largest absolute Gasteiger partial charge is 0.119 e. The maximum Gasteiger partial charge on any atom is 0.0400 e. The van der Waals surface area contributed by atoms with E-state index in [0.29, 0.717) is 0 Å². The maximum absolute atomic E-state index is 2.22. The number of allylic oxidation sites excluding steroid dienone is 2. The number of hydrogen-bond donors (Lipinski definition) is 0. The molecule has 0 bridgehead atoms. The molecule has 2 heteroatoms. The Kier molecular flexibility index (Phi) is 4.42. The average Bonchev–Trinajstić information content (AvgIpc) is 2.32. The number of rotatable bonds is 2. The Hall–Kier alpha value is -0.600. The summed E-state index contributed by atoms with van der Waals surface area (Å²) in [4.78, 5) is 0. The summed E-state index contributed by atoms with van der Waals surface area (Å²) in [6.45, 7) is 0. The van der Waals surface area contributed by atoms with Gasteiger partial charge in [-0.2, -0.15) is 0 Å². The van der Waals surface area contributed by atoms with Crippen LogP contribution in [0.1, 0.15) is 12.0 Å². The van der Waals surface area contributed by atoms with E-state index >= 15 is 0 Å². The van der Waals surface area contributed by atoms with Crippen molar-refractivity contribution in [1.82, 2.24) is 0 Å². The van der Waals surface area contributed by atoms with Gasteiger partial charge >= 0.3 is 0 Å². The Bertz CT molecular complexity index is 344. The van der Waals surface area contributed by atoms with Crippen LogP contribution in [0.2, 0.25) is 0 Å². The van der Waals surface area contributed by atoms with Gasteiger partial charge in [0.2, 0.25) is 0 Å². The molecule has 1 heterocycles. The first-order chi connectivity index (χ1) is 7.45. The highest BCUT2D eigenvalue weighted by molar-refractivity contribution is 8.22. The van der Waals surface area contributed by atoms with Gasteiger partial charge in [-0.1, -0.05) is 42.5 Å². The smallest absolute Gasteiger partial charge is 0.0400 e. The highest BCUT2D eigenvalue weighted by atomic mass is 32.2. The summed E-state index contributed by atoms with van der Waals surface area (Å²) in [5, 5.41) is 0. The second-order valence-electron chi connectivity index (χ2n) is 3.31. The van der Waals surface area contributed by atoms with Gasteiger partial charge in [-0.05, 0) is 29.6 Å². The molecule has 1 aromatic carbocycles. The Morgan fingerprint density at radius 1 is 1.00 bits per heavy atom. The van der Waals surface area contributed by atoms with Crippen LogP contribution in [-0.2, 0) is 0 Å². The summed E-state index contributed by atoms with van der Waals surface area (Å²) in [6.07, 6.45) is 7.87. The molecule has 0 spiro atoms. The van der Waals surface area contributed by atoms with Crippen LogP contribution in [0.5, 0.6) is 0 Å². The summed E-state index contributed by atoms with van der Waals surface area (Å²) in [6, 6.07) is 10.4. The molecule has 78 valence electrons. The van der Waals surface area contributed by atoms with Gasteiger partial charge in [0.1, 0.15) is 0 Å². The van der Waals surface area contributed by atoms with Crippen molar-refractivity contribution in [2.24, 2.45) is 0 Å². The van der Waals surface area contributed by atoms with Crippen molar-refractivity contribution >= 4 is 29.6 Å². The third-order valence-electron chi connectivity index (χ3n) is 2.10.